The number of benzene rings is 1. The number of carbonyl (C=O) groups excluding carboxylic acids is 2. The van der Waals surface area contributed by atoms with E-state index in [1.165, 1.54) is 24.5 Å². The molecule has 7 heteroatoms. The van der Waals surface area contributed by atoms with Crippen LogP contribution in [0, 0.1) is 5.82 Å². The van der Waals surface area contributed by atoms with Crippen LogP contribution < -0.4 is 5.32 Å². The third-order valence-electron chi connectivity index (χ3n) is 2.71. The summed E-state index contributed by atoms with van der Waals surface area (Å²) in [4.78, 5) is 27.2. The lowest BCUT2D eigenvalue weighted by molar-refractivity contribution is 0.0498. The number of aromatic nitrogens is 1. The molecule has 0 aliphatic heterocycles. The van der Waals surface area contributed by atoms with E-state index in [1.807, 2.05) is 0 Å². The molecule has 0 spiro atoms. The van der Waals surface area contributed by atoms with E-state index in [4.69, 9.17) is 4.74 Å². The Labute approximate surface area is 134 Å². The van der Waals surface area contributed by atoms with Crippen LogP contribution in [0.25, 0.3) is 0 Å². The van der Waals surface area contributed by atoms with E-state index in [9.17, 15) is 14.0 Å². The number of esters is 1. The van der Waals surface area contributed by atoms with Crippen molar-refractivity contribution in [3.05, 3.63) is 64.1 Å². The molecular weight excluding hydrogens is 355 g/mol. The van der Waals surface area contributed by atoms with Crippen molar-refractivity contribution >= 4 is 27.8 Å². The fraction of sp³-hybridized carbons (Fsp3) is 0.133. The Morgan fingerprint density at radius 1 is 1.23 bits per heavy atom. The minimum absolute atomic E-state index is 0.0504. The standard InChI is InChI=1S/C15H12BrFN2O3/c16-11-1-2-12(13(17)9-11)15(21)22-8-7-19-14(20)10-3-5-18-6-4-10/h1-6,9H,7-8H2,(H,19,20). The third kappa shape index (κ3) is 4.36. The number of nitrogens with zero attached hydrogens (tertiary/aromatic N) is 1. The highest BCUT2D eigenvalue weighted by Crippen LogP contribution is 2.15. The van der Waals surface area contributed by atoms with Gasteiger partial charge in [0.1, 0.15) is 12.4 Å². The molecule has 0 aliphatic carbocycles. The second kappa shape index (κ2) is 7.65. The third-order valence-corrected chi connectivity index (χ3v) is 3.21. The van der Waals surface area contributed by atoms with Gasteiger partial charge in [-0.1, -0.05) is 15.9 Å². The normalized spacial score (nSPS) is 10.1. The van der Waals surface area contributed by atoms with Gasteiger partial charge in [-0.05, 0) is 30.3 Å². The van der Waals surface area contributed by atoms with Gasteiger partial charge >= 0.3 is 5.97 Å². The Morgan fingerprint density at radius 3 is 2.64 bits per heavy atom. The first-order valence-electron chi connectivity index (χ1n) is 6.38. The van der Waals surface area contributed by atoms with Crippen LogP contribution in [0.1, 0.15) is 20.7 Å². The van der Waals surface area contributed by atoms with Gasteiger partial charge in [0, 0.05) is 22.4 Å². The molecule has 2 rings (SSSR count). The van der Waals surface area contributed by atoms with E-state index in [0.717, 1.165) is 0 Å². The zero-order chi connectivity index (χ0) is 15.9. The number of nitrogens with one attached hydrogen (secondary N) is 1. The van der Waals surface area contributed by atoms with E-state index in [1.54, 1.807) is 18.2 Å². The summed E-state index contributed by atoms with van der Waals surface area (Å²) in [5.74, 6) is -1.74. The minimum atomic E-state index is -0.775. The van der Waals surface area contributed by atoms with Crippen molar-refractivity contribution < 1.29 is 18.7 Å². The number of pyridine rings is 1. The maximum atomic E-state index is 13.6. The zero-order valence-electron chi connectivity index (χ0n) is 11.4. The second-order valence-corrected chi connectivity index (χ2v) is 5.17. The number of halogens is 2. The van der Waals surface area contributed by atoms with Crippen molar-refractivity contribution in [3.8, 4) is 0 Å². The minimum Gasteiger partial charge on any atom is -0.460 e. The van der Waals surface area contributed by atoms with Crippen LogP contribution in [0.3, 0.4) is 0 Å². The monoisotopic (exact) mass is 366 g/mol. The molecule has 1 amide bonds. The molecule has 1 aromatic heterocycles. The van der Waals surface area contributed by atoms with Gasteiger partial charge in [0.05, 0.1) is 12.1 Å². The number of hydrogen-bond acceptors (Lipinski definition) is 4. The van der Waals surface area contributed by atoms with Gasteiger partial charge in [-0.25, -0.2) is 9.18 Å². The van der Waals surface area contributed by atoms with E-state index in [0.29, 0.717) is 10.0 Å². The molecule has 1 aromatic carbocycles. The molecule has 0 radical (unpaired) electrons. The van der Waals surface area contributed by atoms with E-state index >= 15 is 0 Å². The molecule has 0 saturated carbocycles. The van der Waals surface area contributed by atoms with Crippen molar-refractivity contribution in [1.29, 1.82) is 0 Å². The molecule has 114 valence electrons. The first-order valence-corrected chi connectivity index (χ1v) is 7.17. The number of hydrogen-bond donors (Lipinski definition) is 1. The van der Waals surface area contributed by atoms with Gasteiger partial charge in [0.25, 0.3) is 5.91 Å². The highest BCUT2D eigenvalue weighted by molar-refractivity contribution is 9.10. The van der Waals surface area contributed by atoms with Crippen molar-refractivity contribution in [2.45, 2.75) is 0 Å². The van der Waals surface area contributed by atoms with Crippen LogP contribution in [-0.4, -0.2) is 30.0 Å². The molecule has 0 unspecified atom stereocenters. The maximum absolute atomic E-state index is 13.6. The van der Waals surface area contributed by atoms with Crippen LogP contribution in [-0.2, 0) is 4.74 Å². The summed E-state index contributed by atoms with van der Waals surface area (Å²) in [5, 5.41) is 2.58. The summed E-state index contributed by atoms with van der Waals surface area (Å²) in [6, 6.07) is 7.20. The molecule has 5 nitrogen and oxygen atoms in total. The fourth-order valence-corrected chi connectivity index (χ4v) is 1.98. The quantitative estimate of drug-likeness (QED) is 0.652. The first kappa shape index (κ1) is 16.1. The Kier molecular flexibility index (Phi) is 5.60. The average Bonchev–Trinajstić information content (AvgIpc) is 2.52. The molecule has 22 heavy (non-hydrogen) atoms. The van der Waals surface area contributed by atoms with Crippen molar-refractivity contribution in [1.82, 2.24) is 10.3 Å². The smallest absolute Gasteiger partial charge is 0.341 e. The average molecular weight is 367 g/mol. The van der Waals surface area contributed by atoms with Crippen LogP contribution >= 0.6 is 15.9 Å². The van der Waals surface area contributed by atoms with E-state index in [-0.39, 0.29) is 24.6 Å². The predicted octanol–water partition coefficient (Wildman–Crippen LogP) is 2.57. The number of carbonyl (C=O) groups is 2. The Morgan fingerprint density at radius 2 is 1.95 bits per heavy atom. The lowest BCUT2D eigenvalue weighted by Gasteiger charge is -2.07. The van der Waals surface area contributed by atoms with Gasteiger partial charge in [-0.3, -0.25) is 9.78 Å². The zero-order valence-corrected chi connectivity index (χ0v) is 13.0. The first-order chi connectivity index (χ1) is 10.6. The summed E-state index contributed by atoms with van der Waals surface area (Å²) in [7, 11) is 0. The van der Waals surface area contributed by atoms with E-state index < -0.39 is 11.8 Å². The predicted molar refractivity (Wildman–Crippen MR) is 81.0 cm³/mol. The number of ether oxygens (including phenoxy) is 1. The summed E-state index contributed by atoms with van der Waals surface area (Å²) in [6.45, 7) is 0.0796. The highest BCUT2D eigenvalue weighted by atomic mass is 79.9. The van der Waals surface area contributed by atoms with Gasteiger partial charge in [0.15, 0.2) is 0 Å². The molecule has 2 aromatic rings. The van der Waals surface area contributed by atoms with Crippen LogP contribution in [0.2, 0.25) is 0 Å². The maximum Gasteiger partial charge on any atom is 0.341 e. The number of amides is 1. The molecule has 1 heterocycles. The van der Waals surface area contributed by atoms with Crippen molar-refractivity contribution in [2.75, 3.05) is 13.2 Å². The van der Waals surface area contributed by atoms with Crippen molar-refractivity contribution in [2.24, 2.45) is 0 Å². The summed E-state index contributed by atoms with van der Waals surface area (Å²) in [6.07, 6.45) is 3.01. The van der Waals surface area contributed by atoms with Gasteiger partial charge in [0.2, 0.25) is 0 Å². The largest absolute Gasteiger partial charge is 0.460 e. The number of rotatable bonds is 5. The van der Waals surface area contributed by atoms with Crippen molar-refractivity contribution in [3.63, 3.8) is 0 Å². The lowest BCUT2D eigenvalue weighted by Crippen LogP contribution is -2.28. The Balaban J connectivity index is 1.79. The van der Waals surface area contributed by atoms with Crippen LogP contribution in [0.4, 0.5) is 4.39 Å². The van der Waals surface area contributed by atoms with Gasteiger partial charge in [-0.2, -0.15) is 0 Å². The molecule has 0 saturated heterocycles. The molecule has 0 atom stereocenters. The summed E-state index contributed by atoms with van der Waals surface area (Å²) >= 11 is 3.10. The Hall–Kier alpha value is -2.28. The topological polar surface area (TPSA) is 68.3 Å². The highest BCUT2D eigenvalue weighted by Gasteiger charge is 2.13. The van der Waals surface area contributed by atoms with Gasteiger partial charge < -0.3 is 10.1 Å². The molecule has 1 N–H and O–H groups in total. The summed E-state index contributed by atoms with van der Waals surface area (Å²) < 4.78 is 19.0. The van der Waals surface area contributed by atoms with Gasteiger partial charge in [-0.15, -0.1) is 0 Å². The van der Waals surface area contributed by atoms with Crippen LogP contribution in [0.5, 0.6) is 0 Å². The second-order valence-electron chi connectivity index (χ2n) is 4.25. The fourth-order valence-electron chi connectivity index (χ4n) is 1.65. The Bertz CT molecular complexity index is 680. The summed E-state index contributed by atoms with van der Waals surface area (Å²) in [5.41, 5.74) is 0.309. The lowest BCUT2D eigenvalue weighted by atomic mass is 10.2. The molecule has 0 fully saturated rings. The van der Waals surface area contributed by atoms with E-state index in [2.05, 4.69) is 26.2 Å². The molecular formula is C15H12BrFN2O3. The SMILES string of the molecule is O=C(NCCOC(=O)c1ccc(Br)cc1F)c1ccncc1. The van der Waals surface area contributed by atoms with Crippen LogP contribution in [0.15, 0.2) is 47.2 Å². The molecule has 0 aliphatic rings. The molecule has 0 bridgehead atoms.